The highest BCUT2D eigenvalue weighted by Gasteiger charge is 2.24. The summed E-state index contributed by atoms with van der Waals surface area (Å²) in [5.74, 6) is 0. The fourth-order valence-corrected chi connectivity index (χ4v) is 3.32. The summed E-state index contributed by atoms with van der Waals surface area (Å²) < 4.78 is 26.0. The van der Waals surface area contributed by atoms with E-state index >= 15 is 0 Å². The van der Waals surface area contributed by atoms with E-state index in [1.807, 2.05) is 30.3 Å². The van der Waals surface area contributed by atoms with Gasteiger partial charge < -0.3 is 5.73 Å². The topological polar surface area (TPSA) is 65.1 Å². The molecule has 1 atom stereocenters. The second kappa shape index (κ2) is 5.32. The predicted molar refractivity (Wildman–Crippen MR) is 77.3 cm³/mol. The van der Waals surface area contributed by atoms with Gasteiger partial charge in [0.05, 0.1) is 5.69 Å². The predicted octanol–water partition coefficient (Wildman–Crippen LogP) is 2.05. The third kappa shape index (κ3) is 2.88. The molecule has 0 fully saturated rings. The third-order valence-corrected chi connectivity index (χ3v) is 4.85. The number of nitrogens with zero attached hydrogens (tertiary/aromatic N) is 1. The van der Waals surface area contributed by atoms with Gasteiger partial charge in [0.1, 0.15) is 5.25 Å². The van der Waals surface area contributed by atoms with Crippen LogP contribution >= 0.6 is 0 Å². The van der Waals surface area contributed by atoms with E-state index in [-0.39, 0.29) is 0 Å². The van der Waals surface area contributed by atoms with Crippen LogP contribution < -0.4 is 5.73 Å². The quantitative estimate of drug-likeness (QED) is 0.850. The van der Waals surface area contributed by atoms with Gasteiger partial charge in [0, 0.05) is 12.4 Å². The summed E-state index contributed by atoms with van der Waals surface area (Å²) in [7, 11) is -3.51. The number of hydrogen-bond acceptors (Lipinski definition) is 3. The highest BCUT2D eigenvalue weighted by molar-refractivity contribution is 7.90. The van der Waals surface area contributed by atoms with Gasteiger partial charge in [-0.25, -0.2) is 8.42 Å². The van der Waals surface area contributed by atoms with E-state index in [4.69, 9.17) is 5.73 Å². The molecule has 19 heavy (non-hydrogen) atoms. The molecule has 0 spiro atoms. The molecule has 5 heteroatoms. The van der Waals surface area contributed by atoms with Crippen LogP contribution in [-0.4, -0.2) is 17.6 Å². The summed E-state index contributed by atoms with van der Waals surface area (Å²) in [5, 5.41) is -0.679. The Morgan fingerprint density at radius 1 is 1.26 bits per heavy atom. The molecule has 2 rings (SSSR count). The number of nitrogen functional groups attached to an aromatic ring is 1. The highest BCUT2D eigenvalue weighted by atomic mass is 32.2. The minimum atomic E-state index is -3.51. The molecule has 100 valence electrons. The number of benzene rings is 1. The Kier molecular flexibility index (Phi) is 3.76. The summed E-state index contributed by atoms with van der Waals surface area (Å²) in [4.78, 5) is 0. The van der Waals surface area contributed by atoms with Gasteiger partial charge in [-0.3, -0.25) is 3.97 Å². The van der Waals surface area contributed by atoms with Crippen LogP contribution in [0.5, 0.6) is 0 Å². The molecule has 0 aliphatic heterocycles. The highest BCUT2D eigenvalue weighted by Crippen LogP contribution is 2.16. The number of nitrogens with two attached hydrogens (primary N) is 1. The Balaban J connectivity index is 2.29. The maximum Gasteiger partial charge on any atom is 0.245 e. The average Bonchev–Trinajstić information content (AvgIpc) is 2.84. The molecule has 1 aromatic heterocycles. The van der Waals surface area contributed by atoms with Crippen LogP contribution in [0.2, 0.25) is 0 Å². The second-order valence-corrected chi connectivity index (χ2v) is 6.34. The van der Waals surface area contributed by atoms with Gasteiger partial charge in [0.25, 0.3) is 0 Å². The zero-order valence-corrected chi connectivity index (χ0v) is 11.3. The largest absolute Gasteiger partial charge is 0.397 e. The number of aromatic nitrogens is 1. The molecule has 2 N–H and O–H groups in total. The number of anilines is 1. The summed E-state index contributed by atoms with van der Waals surface area (Å²) in [6.45, 7) is 3.63. The maximum absolute atomic E-state index is 12.4. The van der Waals surface area contributed by atoms with Crippen molar-refractivity contribution in [3.63, 3.8) is 0 Å². The first-order valence-electron chi connectivity index (χ1n) is 5.88. The monoisotopic (exact) mass is 276 g/mol. The fraction of sp³-hybridized carbons (Fsp3) is 0.143. The van der Waals surface area contributed by atoms with Crippen molar-refractivity contribution in [2.75, 3.05) is 5.73 Å². The van der Waals surface area contributed by atoms with Crippen LogP contribution in [0.3, 0.4) is 0 Å². The first-order chi connectivity index (χ1) is 9.04. The molecule has 0 amide bonds. The van der Waals surface area contributed by atoms with Crippen LogP contribution in [-0.2, 0) is 16.4 Å². The first-order valence-corrected chi connectivity index (χ1v) is 7.38. The standard InChI is InChI=1S/C14H16N2O2S/c1-2-14(10-12-6-4-3-5-7-12)19(17,18)16-9-8-13(15)11-16/h2-9,11,14H,1,10,15H2. The third-order valence-electron chi connectivity index (χ3n) is 2.91. The van der Waals surface area contributed by atoms with Gasteiger partial charge in [-0.05, 0) is 18.1 Å². The molecular weight excluding hydrogens is 260 g/mol. The van der Waals surface area contributed by atoms with Crippen LogP contribution in [0.15, 0.2) is 61.4 Å². The van der Waals surface area contributed by atoms with Gasteiger partial charge in [0.2, 0.25) is 10.0 Å². The van der Waals surface area contributed by atoms with E-state index in [2.05, 4.69) is 6.58 Å². The minimum Gasteiger partial charge on any atom is -0.397 e. The number of rotatable bonds is 5. The summed E-state index contributed by atoms with van der Waals surface area (Å²) in [6.07, 6.45) is 4.70. The molecule has 0 aliphatic rings. The van der Waals surface area contributed by atoms with Crippen molar-refractivity contribution >= 4 is 15.7 Å². The van der Waals surface area contributed by atoms with E-state index in [1.54, 1.807) is 6.07 Å². The van der Waals surface area contributed by atoms with Gasteiger partial charge >= 0.3 is 0 Å². The van der Waals surface area contributed by atoms with Crippen molar-refractivity contribution in [3.05, 3.63) is 67.0 Å². The van der Waals surface area contributed by atoms with E-state index in [9.17, 15) is 8.42 Å². The Morgan fingerprint density at radius 2 is 1.95 bits per heavy atom. The Labute approximate surface area is 113 Å². The summed E-state index contributed by atoms with van der Waals surface area (Å²) in [6, 6.07) is 11.0. The fourth-order valence-electron chi connectivity index (χ4n) is 1.86. The normalized spacial score (nSPS) is 13.1. The molecule has 1 aromatic carbocycles. The molecule has 0 radical (unpaired) electrons. The van der Waals surface area contributed by atoms with Crippen molar-refractivity contribution in [2.24, 2.45) is 0 Å². The van der Waals surface area contributed by atoms with E-state index < -0.39 is 15.3 Å². The lowest BCUT2D eigenvalue weighted by Gasteiger charge is -2.14. The Morgan fingerprint density at radius 3 is 2.47 bits per heavy atom. The zero-order valence-electron chi connectivity index (χ0n) is 10.4. The Hall–Kier alpha value is -2.01. The van der Waals surface area contributed by atoms with Crippen LogP contribution in [0.4, 0.5) is 5.69 Å². The summed E-state index contributed by atoms with van der Waals surface area (Å²) >= 11 is 0. The zero-order chi connectivity index (χ0) is 13.9. The lowest BCUT2D eigenvalue weighted by molar-refractivity contribution is 0.579. The van der Waals surface area contributed by atoms with Crippen molar-refractivity contribution in [3.8, 4) is 0 Å². The van der Waals surface area contributed by atoms with E-state index in [1.165, 1.54) is 18.5 Å². The van der Waals surface area contributed by atoms with Gasteiger partial charge in [-0.15, -0.1) is 6.58 Å². The van der Waals surface area contributed by atoms with E-state index in [0.29, 0.717) is 12.1 Å². The first kappa shape index (κ1) is 13.4. The minimum absolute atomic E-state index is 0.394. The van der Waals surface area contributed by atoms with Crippen LogP contribution in [0.1, 0.15) is 5.56 Å². The molecule has 0 saturated heterocycles. The molecule has 0 bridgehead atoms. The Bertz CT molecular complexity index is 660. The lowest BCUT2D eigenvalue weighted by atomic mass is 10.1. The van der Waals surface area contributed by atoms with Gasteiger partial charge in [-0.1, -0.05) is 36.4 Å². The lowest BCUT2D eigenvalue weighted by Crippen LogP contribution is -2.27. The average molecular weight is 276 g/mol. The molecular formula is C14H16N2O2S. The second-order valence-electron chi connectivity index (χ2n) is 4.28. The van der Waals surface area contributed by atoms with Crippen molar-refractivity contribution in [1.29, 1.82) is 0 Å². The van der Waals surface area contributed by atoms with Crippen molar-refractivity contribution in [2.45, 2.75) is 11.7 Å². The summed E-state index contributed by atoms with van der Waals surface area (Å²) in [5.41, 5.74) is 6.94. The SMILES string of the molecule is C=CC(Cc1ccccc1)S(=O)(=O)n1ccc(N)c1. The molecule has 1 heterocycles. The van der Waals surface area contributed by atoms with Crippen molar-refractivity contribution < 1.29 is 8.42 Å². The molecule has 1 unspecified atom stereocenters. The smallest absolute Gasteiger partial charge is 0.245 e. The maximum atomic E-state index is 12.4. The molecule has 2 aromatic rings. The van der Waals surface area contributed by atoms with Crippen LogP contribution in [0.25, 0.3) is 0 Å². The van der Waals surface area contributed by atoms with Crippen LogP contribution in [0, 0.1) is 0 Å². The number of hydrogen-bond donors (Lipinski definition) is 1. The van der Waals surface area contributed by atoms with Gasteiger partial charge in [0.15, 0.2) is 0 Å². The van der Waals surface area contributed by atoms with Crippen molar-refractivity contribution in [1.82, 2.24) is 3.97 Å². The molecule has 4 nitrogen and oxygen atoms in total. The van der Waals surface area contributed by atoms with E-state index in [0.717, 1.165) is 9.54 Å². The van der Waals surface area contributed by atoms with Gasteiger partial charge in [-0.2, -0.15) is 0 Å². The molecule has 0 saturated carbocycles. The molecule has 0 aliphatic carbocycles.